The van der Waals surface area contributed by atoms with Crippen LogP contribution in [0.4, 0.5) is 0 Å². The first-order valence-corrected chi connectivity index (χ1v) is 2.93. The molecule has 1 heterocycles. The monoisotopic (exact) mass is 197 g/mol. The topological polar surface area (TPSA) is 43.8 Å². The highest BCUT2D eigenvalue weighted by Gasteiger charge is 1.99. The second-order valence-electron chi connectivity index (χ2n) is 2.25. The molecule has 0 saturated heterocycles. The smallest absolute Gasteiger partial charge is 0.0947 e. The van der Waals surface area contributed by atoms with Crippen molar-refractivity contribution in [1.29, 1.82) is 0 Å². The van der Waals surface area contributed by atoms with Gasteiger partial charge in [0.2, 0.25) is 0 Å². The summed E-state index contributed by atoms with van der Waals surface area (Å²) in [4.78, 5) is 4.05. The van der Waals surface area contributed by atoms with Gasteiger partial charge in [-0.25, -0.2) is 4.98 Å². The molecule has 5 heteroatoms. The van der Waals surface area contributed by atoms with Crippen molar-refractivity contribution in [3.05, 3.63) is 18.2 Å². The van der Waals surface area contributed by atoms with Gasteiger partial charge in [-0.3, -0.25) is 0 Å². The Hall–Kier alpha value is -0.250. The van der Waals surface area contributed by atoms with Gasteiger partial charge in [-0.2, -0.15) is 0 Å². The van der Waals surface area contributed by atoms with Crippen LogP contribution in [0, 0.1) is 0 Å². The first-order valence-electron chi connectivity index (χ1n) is 2.93. The van der Waals surface area contributed by atoms with Crippen molar-refractivity contribution in [2.75, 3.05) is 0 Å². The molecule has 1 aromatic rings. The van der Waals surface area contributed by atoms with E-state index in [9.17, 15) is 0 Å². The molecule has 0 saturated carbocycles. The van der Waals surface area contributed by atoms with Crippen LogP contribution in [-0.2, 0) is 7.05 Å². The zero-order chi connectivity index (χ0) is 6.85. The number of rotatable bonds is 1. The lowest BCUT2D eigenvalue weighted by Gasteiger charge is -1.95. The van der Waals surface area contributed by atoms with Crippen LogP contribution in [-0.4, -0.2) is 9.55 Å². The Morgan fingerprint density at radius 1 is 1.55 bits per heavy atom. The second-order valence-corrected chi connectivity index (χ2v) is 2.25. The Labute approximate surface area is 78.8 Å². The van der Waals surface area contributed by atoms with Crippen LogP contribution in [0.5, 0.6) is 0 Å². The molecule has 0 unspecified atom stereocenters. The third-order valence-electron chi connectivity index (χ3n) is 1.19. The largest absolute Gasteiger partial charge is 0.340 e. The van der Waals surface area contributed by atoms with Crippen LogP contribution in [0.3, 0.4) is 0 Å². The van der Waals surface area contributed by atoms with Crippen molar-refractivity contribution >= 4 is 24.8 Å². The van der Waals surface area contributed by atoms with Crippen molar-refractivity contribution in [2.24, 2.45) is 12.8 Å². The van der Waals surface area contributed by atoms with Gasteiger partial charge in [-0.1, -0.05) is 0 Å². The van der Waals surface area contributed by atoms with E-state index in [1.165, 1.54) is 0 Å². The molecule has 0 fully saturated rings. The maximum absolute atomic E-state index is 5.55. The first-order chi connectivity index (χ1) is 4.20. The summed E-state index contributed by atoms with van der Waals surface area (Å²) in [6, 6.07) is 0.0474. The van der Waals surface area contributed by atoms with E-state index < -0.39 is 0 Å². The molecule has 0 aromatic carbocycles. The maximum atomic E-state index is 5.55. The Morgan fingerprint density at radius 2 is 2.09 bits per heavy atom. The molecule has 0 amide bonds. The van der Waals surface area contributed by atoms with Gasteiger partial charge in [-0.15, -0.1) is 24.8 Å². The van der Waals surface area contributed by atoms with Crippen molar-refractivity contribution in [3.8, 4) is 0 Å². The summed E-state index contributed by atoms with van der Waals surface area (Å²) < 4.78 is 1.89. The van der Waals surface area contributed by atoms with Crippen LogP contribution in [0.1, 0.15) is 18.7 Å². The minimum Gasteiger partial charge on any atom is -0.340 e. The molecule has 11 heavy (non-hydrogen) atoms. The molecule has 1 atom stereocenters. The molecule has 3 nitrogen and oxygen atoms in total. The van der Waals surface area contributed by atoms with Gasteiger partial charge in [-0.05, 0) is 6.92 Å². The summed E-state index contributed by atoms with van der Waals surface area (Å²) in [7, 11) is 1.93. The van der Waals surface area contributed by atoms with Crippen molar-refractivity contribution in [3.63, 3.8) is 0 Å². The Kier molecular flexibility index (Phi) is 6.56. The summed E-state index contributed by atoms with van der Waals surface area (Å²) in [5.41, 5.74) is 6.49. The maximum Gasteiger partial charge on any atom is 0.0947 e. The fourth-order valence-electron chi connectivity index (χ4n) is 0.668. The number of nitrogens with two attached hydrogens (primary N) is 1. The van der Waals surface area contributed by atoms with Crippen molar-refractivity contribution < 1.29 is 0 Å². The van der Waals surface area contributed by atoms with E-state index in [0.717, 1.165) is 5.69 Å². The molecule has 0 aliphatic rings. The molecular weight excluding hydrogens is 185 g/mol. The van der Waals surface area contributed by atoms with Crippen LogP contribution < -0.4 is 5.73 Å². The standard InChI is InChI=1S/C6H11N3.2ClH/c1-5(7)6-3-9(2)4-8-6;;/h3-5H,7H2,1-2H3;2*1H/t5-;;/m0../s1. The Balaban J connectivity index is 0. The lowest BCUT2D eigenvalue weighted by atomic mass is 10.3. The van der Waals surface area contributed by atoms with Crippen LogP contribution in [0.25, 0.3) is 0 Å². The summed E-state index contributed by atoms with van der Waals surface area (Å²) in [6.45, 7) is 1.92. The van der Waals surface area contributed by atoms with Crippen molar-refractivity contribution in [2.45, 2.75) is 13.0 Å². The molecule has 0 aliphatic carbocycles. The van der Waals surface area contributed by atoms with Crippen LogP contribution >= 0.6 is 24.8 Å². The number of halogens is 2. The lowest BCUT2D eigenvalue weighted by Crippen LogP contribution is -2.04. The molecule has 1 aromatic heterocycles. The molecule has 0 aliphatic heterocycles. The zero-order valence-electron chi connectivity index (χ0n) is 6.52. The van der Waals surface area contributed by atoms with Gasteiger partial charge in [0.1, 0.15) is 0 Å². The van der Waals surface area contributed by atoms with E-state index in [4.69, 9.17) is 5.73 Å². The van der Waals surface area contributed by atoms with E-state index in [2.05, 4.69) is 4.98 Å². The molecule has 0 bridgehead atoms. The minimum absolute atomic E-state index is 0. The third kappa shape index (κ3) is 3.60. The van der Waals surface area contributed by atoms with Crippen LogP contribution in [0.2, 0.25) is 0 Å². The Morgan fingerprint density at radius 3 is 2.27 bits per heavy atom. The van der Waals surface area contributed by atoms with E-state index in [1.807, 2.05) is 24.7 Å². The van der Waals surface area contributed by atoms with E-state index >= 15 is 0 Å². The summed E-state index contributed by atoms with van der Waals surface area (Å²) in [6.07, 6.45) is 3.67. The third-order valence-corrected chi connectivity index (χ3v) is 1.19. The number of hydrogen-bond donors (Lipinski definition) is 1. The van der Waals surface area contributed by atoms with E-state index in [-0.39, 0.29) is 30.9 Å². The SMILES string of the molecule is C[C@H](N)c1cn(C)cn1.Cl.Cl. The van der Waals surface area contributed by atoms with E-state index in [0.29, 0.717) is 0 Å². The summed E-state index contributed by atoms with van der Waals surface area (Å²) in [5, 5.41) is 0. The highest BCUT2D eigenvalue weighted by atomic mass is 35.5. The lowest BCUT2D eigenvalue weighted by molar-refractivity contribution is 0.786. The highest BCUT2D eigenvalue weighted by Crippen LogP contribution is 2.03. The van der Waals surface area contributed by atoms with Crippen LogP contribution in [0.15, 0.2) is 12.5 Å². The summed E-state index contributed by atoms with van der Waals surface area (Å²) in [5.74, 6) is 0. The van der Waals surface area contributed by atoms with Crippen molar-refractivity contribution in [1.82, 2.24) is 9.55 Å². The zero-order valence-corrected chi connectivity index (χ0v) is 8.15. The molecule has 1 rings (SSSR count). The first kappa shape index (κ1) is 13.3. The highest BCUT2D eigenvalue weighted by molar-refractivity contribution is 5.85. The van der Waals surface area contributed by atoms with Gasteiger partial charge in [0, 0.05) is 19.3 Å². The van der Waals surface area contributed by atoms with E-state index in [1.54, 1.807) is 6.33 Å². The number of nitrogens with zero attached hydrogens (tertiary/aromatic N) is 2. The molecular formula is C6H13Cl2N3. The fourth-order valence-corrected chi connectivity index (χ4v) is 0.668. The molecule has 0 radical (unpaired) electrons. The average molecular weight is 198 g/mol. The second kappa shape index (κ2) is 5.41. The molecule has 2 N–H and O–H groups in total. The molecule has 0 spiro atoms. The minimum atomic E-state index is 0. The van der Waals surface area contributed by atoms with Gasteiger partial charge in [0.15, 0.2) is 0 Å². The molecule has 66 valence electrons. The fraction of sp³-hybridized carbons (Fsp3) is 0.500. The number of hydrogen-bond acceptors (Lipinski definition) is 2. The normalized spacial score (nSPS) is 11.2. The quantitative estimate of drug-likeness (QED) is 0.738. The Bertz CT molecular complexity index is 197. The number of aryl methyl sites for hydroxylation is 1. The average Bonchev–Trinajstić information content (AvgIpc) is 2.14. The summed E-state index contributed by atoms with van der Waals surface area (Å²) >= 11 is 0. The number of imidazole rings is 1. The van der Waals surface area contributed by atoms with Gasteiger partial charge >= 0.3 is 0 Å². The predicted octanol–water partition coefficient (Wildman–Crippen LogP) is 1.28. The van der Waals surface area contributed by atoms with Gasteiger partial charge in [0.05, 0.1) is 12.0 Å². The van der Waals surface area contributed by atoms with Gasteiger partial charge in [0.25, 0.3) is 0 Å². The van der Waals surface area contributed by atoms with Gasteiger partial charge < -0.3 is 10.3 Å². The predicted molar refractivity (Wildman–Crippen MR) is 50.3 cm³/mol. The number of aromatic nitrogens is 2.